The molecule has 4 heteroatoms. The molecular formula is C18H23N3O. The minimum absolute atomic E-state index is 0.117. The summed E-state index contributed by atoms with van der Waals surface area (Å²) in [5.74, 6) is 0.118. The highest BCUT2D eigenvalue weighted by Gasteiger charge is 2.22. The number of pyridine rings is 1. The van der Waals surface area contributed by atoms with E-state index < -0.39 is 0 Å². The highest BCUT2D eigenvalue weighted by Crippen LogP contribution is 2.23. The lowest BCUT2D eigenvalue weighted by Gasteiger charge is -2.24. The topological polar surface area (TPSA) is 68.0 Å². The van der Waals surface area contributed by atoms with Crippen molar-refractivity contribution in [2.24, 2.45) is 5.92 Å². The molecule has 1 aromatic heterocycles. The Morgan fingerprint density at radius 2 is 1.91 bits per heavy atom. The predicted molar refractivity (Wildman–Crippen MR) is 89.6 cm³/mol. The molecule has 0 aliphatic carbocycles. The number of carbonyl (C=O) groups excluding carboxylic acids is 1. The zero-order chi connectivity index (χ0) is 16.3. The predicted octanol–water partition coefficient (Wildman–Crippen LogP) is 3.41. The summed E-state index contributed by atoms with van der Waals surface area (Å²) in [5, 5.41) is 3.10. The molecule has 0 fully saturated rings. The van der Waals surface area contributed by atoms with Crippen LogP contribution < -0.4 is 11.1 Å². The molecule has 0 aliphatic rings. The average Bonchev–Trinajstić information content (AvgIpc) is 2.47. The van der Waals surface area contributed by atoms with Crippen LogP contribution in [0.2, 0.25) is 0 Å². The standard InChI is InChI=1S/C18H23N3O/c1-11(2)16(17-13(4)6-5-9-20-17)21-18(22)15-10-14(19)8-7-12(15)3/h5-11,16H,19H2,1-4H3,(H,21,22). The molecular weight excluding hydrogens is 274 g/mol. The van der Waals surface area contributed by atoms with Crippen molar-refractivity contribution in [2.75, 3.05) is 5.73 Å². The molecule has 0 bridgehead atoms. The summed E-state index contributed by atoms with van der Waals surface area (Å²) in [5.41, 5.74) is 9.89. The number of amides is 1. The van der Waals surface area contributed by atoms with Crippen molar-refractivity contribution in [3.05, 3.63) is 58.9 Å². The molecule has 0 spiro atoms. The maximum Gasteiger partial charge on any atom is 0.252 e. The summed E-state index contributed by atoms with van der Waals surface area (Å²) in [4.78, 5) is 17.1. The molecule has 1 aromatic carbocycles. The average molecular weight is 297 g/mol. The Kier molecular flexibility index (Phi) is 4.81. The van der Waals surface area contributed by atoms with E-state index >= 15 is 0 Å². The Labute approximate surface area is 131 Å². The van der Waals surface area contributed by atoms with Crippen molar-refractivity contribution in [3.8, 4) is 0 Å². The zero-order valence-electron chi connectivity index (χ0n) is 13.6. The van der Waals surface area contributed by atoms with E-state index in [1.807, 2.05) is 32.0 Å². The molecule has 0 radical (unpaired) electrons. The summed E-state index contributed by atoms with van der Waals surface area (Å²) in [7, 11) is 0. The summed E-state index contributed by atoms with van der Waals surface area (Å²) in [6.07, 6.45) is 1.76. The molecule has 4 nitrogen and oxygen atoms in total. The van der Waals surface area contributed by atoms with Crippen LogP contribution >= 0.6 is 0 Å². The Morgan fingerprint density at radius 1 is 1.18 bits per heavy atom. The number of nitrogens with one attached hydrogen (secondary N) is 1. The second-order valence-electron chi connectivity index (χ2n) is 5.98. The normalized spacial score (nSPS) is 12.2. The van der Waals surface area contributed by atoms with Crippen molar-refractivity contribution < 1.29 is 4.79 Å². The molecule has 1 amide bonds. The quantitative estimate of drug-likeness (QED) is 0.850. The third kappa shape index (κ3) is 3.45. The molecule has 116 valence electrons. The maximum absolute atomic E-state index is 12.6. The second kappa shape index (κ2) is 6.60. The highest BCUT2D eigenvalue weighted by molar-refractivity contribution is 5.96. The number of hydrogen-bond acceptors (Lipinski definition) is 3. The highest BCUT2D eigenvalue weighted by atomic mass is 16.1. The second-order valence-corrected chi connectivity index (χ2v) is 5.98. The monoisotopic (exact) mass is 297 g/mol. The van der Waals surface area contributed by atoms with Crippen LogP contribution in [0.1, 0.15) is 47.1 Å². The molecule has 1 atom stereocenters. The van der Waals surface area contributed by atoms with Gasteiger partial charge in [0.05, 0.1) is 11.7 Å². The van der Waals surface area contributed by atoms with Crippen LogP contribution in [-0.2, 0) is 0 Å². The minimum atomic E-state index is -0.130. The maximum atomic E-state index is 12.6. The first-order valence-corrected chi connectivity index (χ1v) is 7.48. The number of nitrogens with two attached hydrogens (primary N) is 1. The van der Waals surface area contributed by atoms with E-state index in [0.29, 0.717) is 11.3 Å². The van der Waals surface area contributed by atoms with Gasteiger partial charge in [0.15, 0.2) is 0 Å². The molecule has 1 unspecified atom stereocenters. The Hall–Kier alpha value is -2.36. The van der Waals surface area contributed by atoms with Crippen LogP contribution in [0.4, 0.5) is 5.69 Å². The van der Waals surface area contributed by atoms with E-state index in [4.69, 9.17) is 5.73 Å². The third-order valence-electron chi connectivity index (χ3n) is 3.80. The number of benzene rings is 1. The Morgan fingerprint density at radius 3 is 2.55 bits per heavy atom. The van der Waals surface area contributed by atoms with Gasteiger partial charge in [-0.15, -0.1) is 0 Å². The molecule has 22 heavy (non-hydrogen) atoms. The number of nitrogens with zero attached hydrogens (tertiary/aromatic N) is 1. The first-order chi connectivity index (χ1) is 10.4. The fraction of sp³-hybridized carbons (Fsp3) is 0.333. The van der Waals surface area contributed by atoms with Crippen LogP contribution in [0, 0.1) is 19.8 Å². The van der Waals surface area contributed by atoms with Gasteiger partial charge in [0, 0.05) is 17.4 Å². The van der Waals surface area contributed by atoms with Gasteiger partial charge in [-0.1, -0.05) is 26.0 Å². The number of aromatic nitrogens is 1. The van der Waals surface area contributed by atoms with Crippen molar-refractivity contribution in [3.63, 3.8) is 0 Å². The molecule has 3 N–H and O–H groups in total. The van der Waals surface area contributed by atoms with Crippen molar-refractivity contribution >= 4 is 11.6 Å². The molecule has 0 aliphatic heterocycles. The fourth-order valence-electron chi connectivity index (χ4n) is 2.48. The van der Waals surface area contributed by atoms with Crippen LogP contribution in [0.3, 0.4) is 0 Å². The SMILES string of the molecule is Cc1ccc(N)cc1C(=O)NC(c1ncccc1C)C(C)C. The smallest absolute Gasteiger partial charge is 0.252 e. The lowest BCUT2D eigenvalue weighted by molar-refractivity contribution is 0.0923. The first kappa shape index (κ1) is 16.0. The van der Waals surface area contributed by atoms with E-state index in [-0.39, 0.29) is 17.9 Å². The number of carbonyl (C=O) groups is 1. The summed E-state index contributed by atoms with van der Waals surface area (Å²) >= 11 is 0. The number of anilines is 1. The lowest BCUT2D eigenvalue weighted by Crippen LogP contribution is -2.33. The number of aryl methyl sites for hydroxylation is 2. The van der Waals surface area contributed by atoms with Crippen molar-refractivity contribution in [2.45, 2.75) is 33.7 Å². The van der Waals surface area contributed by atoms with E-state index in [2.05, 4.69) is 24.1 Å². The summed E-state index contributed by atoms with van der Waals surface area (Å²) < 4.78 is 0. The van der Waals surface area contributed by atoms with Gasteiger partial charge in [-0.05, 0) is 49.1 Å². The third-order valence-corrected chi connectivity index (χ3v) is 3.80. The Balaban J connectivity index is 2.31. The van der Waals surface area contributed by atoms with E-state index in [1.54, 1.807) is 18.3 Å². The van der Waals surface area contributed by atoms with Gasteiger partial charge >= 0.3 is 0 Å². The molecule has 1 heterocycles. The molecule has 2 aromatic rings. The van der Waals surface area contributed by atoms with Crippen LogP contribution in [0.25, 0.3) is 0 Å². The van der Waals surface area contributed by atoms with Gasteiger partial charge in [-0.25, -0.2) is 0 Å². The van der Waals surface area contributed by atoms with Crippen LogP contribution in [0.5, 0.6) is 0 Å². The van der Waals surface area contributed by atoms with E-state index in [1.165, 1.54) is 0 Å². The number of rotatable bonds is 4. The van der Waals surface area contributed by atoms with Crippen LogP contribution in [0.15, 0.2) is 36.5 Å². The van der Waals surface area contributed by atoms with Gasteiger partial charge < -0.3 is 11.1 Å². The van der Waals surface area contributed by atoms with Crippen LogP contribution in [-0.4, -0.2) is 10.9 Å². The molecule has 0 saturated carbocycles. The zero-order valence-corrected chi connectivity index (χ0v) is 13.6. The van der Waals surface area contributed by atoms with Gasteiger partial charge in [0.25, 0.3) is 5.91 Å². The number of hydrogen-bond donors (Lipinski definition) is 2. The fourth-order valence-corrected chi connectivity index (χ4v) is 2.48. The van der Waals surface area contributed by atoms with E-state index in [9.17, 15) is 4.79 Å². The number of nitrogen functional groups attached to an aromatic ring is 1. The van der Waals surface area contributed by atoms with Gasteiger partial charge in [0.1, 0.15) is 0 Å². The summed E-state index contributed by atoms with van der Waals surface area (Å²) in [6, 6.07) is 9.16. The largest absolute Gasteiger partial charge is 0.399 e. The van der Waals surface area contributed by atoms with Gasteiger partial charge in [-0.3, -0.25) is 9.78 Å². The van der Waals surface area contributed by atoms with Crippen molar-refractivity contribution in [1.29, 1.82) is 0 Å². The lowest BCUT2D eigenvalue weighted by atomic mass is 9.96. The van der Waals surface area contributed by atoms with Gasteiger partial charge in [-0.2, -0.15) is 0 Å². The summed E-state index contributed by atoms with van der Waals surface area (Å²) in [6.45, 7) is 8.07. The van der Waals surface area contributed by atoms with Gasteiger partial charge in [0.2, 0.25) is 0 Å². The Bertz CT molecular complexity index is 680. The van der Waals surface area contributed by atoms with E-state index in [0.717, 1.165) is 16.8 Å². The van der Waals surface area contributed by atoms with Crippen molar-refractivity contribution in [1.82, 2.24) is 10.3 Å². The first-order valence-electron chi connectivity index (χ1n) is 7.48. The minimum Gasteiger partial charge on any atom is -0.399 e. The molecule has 2 rings (SSSR count). The molecule has 0 saturated heterocycles.